The van der Waals surface area contributed by atoms with Crippen molar-refractivity contribution < 1.29 is 4.92 Å². The van der Waals surface area contributed by atoms with Crippen LogP contribution in [-0.2, 0) is 5.75 Å². The number of nitrogens with zero attached hydrogens (tertiary/aromatic N) is 5. The summed E-state index contributed by atoms with van der Waals surface area (Å²) >= 11 is 7.51. The predicted molar refractivity (Wildman–Crippen MR) is 104 cm³/mol. The molecule has 134 valence electrons. The van der Waals surface area contributed by atoms with Crippen molar-refractivity contribution >= 4 is 34.7 Å². The number of thioether (sulfide) groups is 1. The summed E-state index contributed by atoms with van der Waals surface area (Å²) in [6.45, 7) is 0. The van der Waals surface area contributed by atoms with Gasteiger partial charge in [0.2, 0.25) is 5.16 Å². The van der Waals surface area contributed by atoms with E-state index < -0.39 is 4.92 Å². The van der Waals surface area contributed by atoms with Crippen LogP contribution in [0.2, 0.25) is 5.02 Å². The van der Waals surface area contributed by atoms with Crippen LogP contribution in [0, 0.1) is 10.1 Å². The normalized spacial score (nSPS) is 11.0. The molecule has 0 aliphatic heterocycles. The summed E-state index contributed by atoms with van der Waals surface area (Å²) in [6, 6.07) is 17.6. The Balaban J connectivity index is 1.65. The lowest BCUT2D eigenvalue weighted by molar-refractivity contribution is -0.384. The number of nitro benzene ring substituents is 1. The molecule has 2 aromatic heterocycles. The van der Waals surface area contributed by atoms with Gasteiger partial charge in [0.05, 0.1) is 10.6 Å². The van der Waals surface area contributed by atoms with Gasteiger partial charge in [-0.2, -0.15) is 9.61 Å². The van der Waals surface area contributed by atoms with E-state index in [0.29, 0.717) is 32.8 Å². The second kappa shape index (κ2) is 7.34. The minimum atomic E-state index is -0.424. The molecule has 0 radical (unpaired) electrons. The fraction of sp³-hybridized carbons (Fsp3) is 0.0556. The predicted octanol–water partition coefficient (Wildman–Crippen LogP) is 4.65. The first-order chi connectivity index (χ1) is 13.1. The second-order valence-electron chi connectivity index (χ2n) is 5.70. The molecule has 0 amide bonds. The van der Waals surface area contributed by atoms with E-state index in [4.69, 9.17) is 11.6 Å². The Kier molecular flexibility index (Phi) is 4.74. The summed E-state index contributed by atoms with van der Waals surface area (Å²) in [7, 11) is 0. The number of fused-ring (bicyclic) bond motifs is 1. The maximum Gasteiger partial charge on any atom is 0.270 e. The molecule has 0 saturated carbocycles. The first-order valence-electron chi connectivity index (χ1n) is 7.95. The Morgan fingerprint density at radius 1 is 1.07 bits per heavy atom. The first-order valence-corrected chi connectivity index (χ1v) is 9.31. The zero-order valence-corrected chi connectivity index (χ0v) is 15.4. The molecule has 0 unspecified atom stereocenters. The van der Waals surface area contributed by atoms with Gasteiger partial charge in [-0.1, -0.05) is 47.6 Å². The Morgan fingerprint density at radius 2 is 1.93 bits per heavy atom. The maximum absolute atomic E-state index is 11.0. The molecule has 2 aromatic carbocycles. The number of rotatable bonds is 5. The van der Waals surface area contributed by atoms with Gasteiger partial charge in [0.25, 0.3) is 5.69 Å². The lowest BCUT2D eigenvalue weighted by Crippen LogP contribution is -1.97. The van der Waals surface area contributed by atoms with Gasteiger partial charge in [0, 0.05) is 28.5 Å². The third-order valence-corrected chi connectivity index (χ3v) is 5.07. The fourth-order valence-electron chi connectivity index (χ4n) is 2.57. The highest BCUT2D eigenvalue weighted by molar-refractivity contribution is 7.98. The number of non-ortho nitro benzene ring substituents is 1. The molecule has 4 aromatic rings. The van der Waals surface area contributed by atoms with E-state index in [2.05, 4.69) is 15.3 Å². The van der Waals surface area contributed by atoms with E-state index in [1.165, 1.54) is 23.9 Å². The summed E-state index contributed by atoms with van der Waals surface area (Å²) in [5, 5.41) is 25.2. The van der Waals surface area contributed by atoms with Crippen molar-refractivity contribution in [3.05, 3.63) is 81.4 Å². The van der Waals surface area contributed by atoms with Crippen LogP contribution in [0.1, 0.15) is 5.56 Å². The lowest BCUT2D eigenvalue weighted by Gasteiger charge is -2.04. The molecule has 2 heterocycles. The minimum Gasteiger partial charge on any atom is -0.258 e. The Labute approximate surface area is 163 Å². The molecule has 9 heteroatoms. The molecule has 0 bridgehead atoms. The molecule has 0 aliphatic carbocycles. The zero-order valence-electron chi connectivity index (χ0n) is 13.8. The number of aromatic nitrogens is 4. The molecule has 4 rings (SSSR count). The van der Waals surface area contributed by atoms with Crippen molar-refractivity contribution in [3.8, 4) is 11.3 Å². The molecule has 0 spiro atoms. The van der Waals surface area contributed by atoms with E-state index in [-0.39, 0.29) is 5.69 Å². The van der Waals surface area contributed by atoms with Crippen LogP contribution >= 0.6 is 23.4 Å². The number of halogens is 1. The summed E-state index contributed by atoms with van der Waals surface area (Å²) in [6.07, 6.45) is 0. The maximum atomic E-state index is 11.0. The van der Waals surface area contributed by atoms with Gasteiger partial charge in [-0.25, -0.2) is 0 Å². The van der Waals surface area contributed by atoms with Gasteiger partial charge in [-0.15, -0.1) is 10.2 Å². The quantitative estimate of drug-likeness (QED) is 0.277. The summed E-state index contributed by atoms with van der Waals surface area (Å²) in [5.41, 5.74) is 2.96. The van der Waals surface area contributed by atoms with Crippen molar-refractivity contribution in [2.75, 3.05) is 0 Å². The van der Waals surface area contributed by atoms with E-state index >= 15 is 0 Å². The Morgan fingerprint density at radius 3 is 2.74 bits per heavy atom. The van der Waals surface area contributed by atoms with Gasteiger partial charge in [0.15, 0.2) is 5.65 Å². The van der Waals surface area contributed by atoms with Crippen LogP contribution < -0.4 is 0 Å². The number of nitro groups is 1. The van der Waals surface area contributed by atoms with Gasteiger partial charge in [0.1, 0.15) is 0 Å². The number of hydrogen-bond donors (Lipinski definition) is 0. The molecule has 0 saturated heterocycles. The molecule has 0 N–H and O–H groups in total. The second-order valence-corrected chi connectivity index (χ2v) is 7.08. The zero-order chi connectivity index (χ0) is 18.8. The van der Waals surface area contributed by atoms with Crippen LogP contribution in [0.5, 0.6) is 0 Å². The highest BCUT2D eigenvalue weighted by Crippen LogP contribution is 2.25. The van der Waals surface area contributed by atoms with Gasteiger partial charge in [-0.3, -0.25) is 10.1 Å². The van der Waals surface area contributed by atoms with Gasteiger partial charge >= 0.3 is 0 Å². The number of benzene rings is 2. The summed E-state index contributed by atoms with van der Waals surface area (Å²) < 4.78 is 1.64. The fourth-order valence-corrected chi connectivity index (χ4v) is 3.61. The lowest BCUT2D eigenvalue weighted by atomic mass is 10.1. The van der Waals surface area contributed by atoms with Crippen molar-refractivity contribution in [1.82, 2.24) is 19.8 Å². The third kappa shape index (κ3) is 3.76. The molecule has 0 fully saturated rings. The van der Waals surface area contributed by atoms with Gasteiger partial charge < -0.3 is 0 Å². The minimum absolute atomic E-state index is 0.0220. The topological polar surface area (TPSA) is 86.2 Å². The van der Waals surface area contributed by atoms with E-state index in [1.807, 2.05) is 24.3 Å². The Bertz CT molecular complexity index is 1150. The monoisotopic (exact) mass is 397 g/mol. The molecular formula is C18H12ClN5O2S. The third-order valence-electron chi connectivity index (χ3n) is 3.84. The average Bonchev–Trinajstić information content (AvgIpc) is 3.09. The van der Waals surface area contributed by atoms with Crippen LogP contribution in [0.25, 0.3) is 16.9 Å². The summed E-state index contributed by atoms with van der Waals surface area (Å²) in [5.74, 6) is 0.671. The van der Waals surface area contributed by atoms with E-state index in [1.54, 1.807) is 28.8 Å². The highest BCUT2D eigenvalue weighted by atomic mass is 35.5. The van der Waals surface area contributed by atoms with Crippen molar-refractivity contribution in [1.29, 1.82) is 0 Å². The average molecular weight is 398 g/mol. The molecule has 0 aliphatic rings. The Hall–Kier alpha value is -2.97. The van der Waals surface area contributed by atoms with Crippen molar-refractivity contribution in [2.24, 2.45) is 0 Å². The SMILES string of the molecule is O=[N+]([O-])c1cccc(-c2ccc3nnc(SCc4cccc(Cl)c4)n3n2)c1. The highest BCUT2D eigenvalue weighted by Gasteiger charge is 2.12. The van der Waals surface area contributed by atoms with Gasteiger partial charge in [-0.05, 0) is 29.8 Å². The smallest absolute Gasteiger partial charge is 0.258 e. The molecular weight excluding hydrogens is 386 g/mol. The van der Waals surface area contributed by atoms with E-state index in [0.717, 1.165) is 5.56 Å². The number of hydrogen-bond acceptors (Lipinski definition) is 6. The first kappa shape index (κ1) is 17.4. The summed E-state index contributed by atoms with van der Waals surface area (Å²) in [4.78, 5) is 10.6. The molecule has 7 nitrogen and oxygen atoms in total. The largest absolute Gasteiger partial charge is 0.270 e. The van der Waals surface area contributed by atoms with E-state index in [9.17, 15) is 10.1 Å². The van der Waals surface area contributed by atoms with Crippen molar-refractivity contribution in [2.45, 2.75) is 10.9 Å². The van der Waals surface area contributed by atoms with Crippen LogP contribution in [0.3, 0.4) is 0 Å². The molecule has 27 heavy (non-hydrogen) atoms. The van der Waals surface area contributed by atoms with Crippen molar-refractivity contribution in [3.63, 3.8) is 0 Å². The van der Waals surface area contributed by atoms with Crippen LogP contribution in [-0.4, -0.2) is 24.7 Å². The van der Waals surface area contributed by atoms with Crippen LogP contribution in [0.15, 0.2) is 65.8 Å². The van der Waals surface area contributed by atoms with Crippen LogP contribution in [0.4, 0.5) is 5.69 Å². The molecule has 0 atom stereocenters. The standard InChI is InChI=1S/C18H12ClN5O2S/c19-14-5-1-3-12(9-14)11-27-18-21-20-17-8-7-16(22-23(17)18)13-4-2-6-15(10-13)24(25)26/h1-10H,11H2.